The summed E-state index contributed by atoms with van der Waals surface area (Å²) in [4.78, 5) is 23.1. The van der Waals surface area contributed by atoms with Crippen LogP contribution in [0.5, 0.6) is 11.5 Å². The van der Waals surface area contributed by atoms with Crippen molar-refractivity contribution in [1.82, 2.24) is 0 Å². The molecule has 0 saturated carbocycles. The summed E-state index contributed by atoms with van der Waals surface area (Å²) in [5.74, 6) is 1.17. The Labute approximate surface area is 155 Å². The molecule has 0 radical (unpaired) electrons. The Bertz CT molecular complexity index is 762. The highest BCUT2D eigenvalue weighted by Gasteiger charge is 2.33. The molecule has 0 aromatic heterocycles. The molecule has 5 nitrogen and oxygen atoms in total. The van der Waals surface area contributed by atoms with Crippen LogP contribution in [0.1, 0.15) is 62.3 Å². The van der Waals surface area contributed by atoms with Gasteiger partial charge in [0.1, 0.15) is 17.1 Å². The smallest absolute Gasteiger partial charge is 0.308 e. The zero-order valence-electron chi connectivity index (χ0n) is 16.6. The Morgan fingerprint density at radius 1 is 1.04 bits per heavy atom. The lowest BCUT2D eigenvalue weighted by Crippen LogP contribution is -2.24. The van der Waals surface area contributed by atoms with Gasteiger partial charge in [0, 0.05) is 25.8 Å². The predicted octanol–water partition coefficient (Wildman–Crippen LogP) is 4.48. The molecular formula is C21H28O5. The Morgan fingerprint density at radius 3 is 2.08 bits per heavy atom. The molecule has 1 fully saturated rings. The first-order valence-electron chi connectivity index (χ1n) is 8.90. The average molecular weight is 360 g/mol. The van der Waals surface area contributed by atoms with Crippen molar-refractivity contribution in [3.05, 3.63) is 34.6 Å². The molecule has 1 aromatic carbocycles. The summed E-state index contributed by atoms with van der Waals surface area (Å²) in [7, 11) is 0. The molecule has 1 unspecified atom stereocenters. The van der Waals surface area contributed by atoms with Crippen LogP contribution in [0.4, 0.5) is 0 Å². The van der Waals surface area contributed by atoms with E-state index in [-0.39, 0.29) is 17.5 Å². The second-order valence-electron chi connectivity index (χ2n) is 7.29. The molecule has 1 atom stereocenters. The number of rotatable bonds is 5. The Balaban J connectivity index is 2.46. The van der Waals surface area contributed by atoms with Crippen molar-refractivity contribution in [1.29, 1.82) is 0 Å². The SMILES string of the molecule is C=C1CCC(C)(CCc2c(C)c(OC(C)=O)c(C)c(C)c2OC(C)=O)O1. The third-order valence-electron chi connectivity index (χ3n) is 5.03. The van der Waals surface area contributed by atoms with Crippen molar-refractivity contribution in [3.8, 4) is 11.5 Å². The summed E-state index contributed by atoms with van der Waals surface area (Å²) >= 11 is 0. The number of benzene rings is 1. The first-order valence-corrected chi connectivity index (χ1v) is 8.90. The number of carbonyl (C=O) groups excluding carboxylic acids is 2. The lowest BCUT2D eigenvalue weighted by molar-refractivity contribution is -0.133. The highest BCUT2D eigenvalue weighted by atomic mass is 16.5. The fourth-order valence-electron chi connectivity index (χ4n) is 3.46. The van der Waals surface area contributed by atoms with Crippen LogP contribution in [-0.2, 0) is 20.7 Å². The van der Waals surface area contributed by atoms with Crippen molar-refractivity contribution >= 4 is 11.9 Å². The average Bonchev–Trinajstić information content (AvgIpc) is 2.87. The van der Waals surface area contributed by atoms with Gasteiger partial charge in [0.15, 0.2) is 0 Å². The summed E-state index contributed by atoms with van der Waals surface area (Å²) in [5.41, 5.74) is 3.02. The predicted molar refractivity (Wildman–Crippen MR) is 99.5 cm³/mol. The van der Waals surface area contributed by atoms with E-state index in [2.05, 4.69) is 13.5 Å². The monoisotopic (exact) mass is 360 g/mol. The quantitative estimate of drug-likeness (QED) is 0.572. The van der Waals surface area contributed by atoms with Crippen LogP contribution in [0.25, 0.3) is 0 Å². The van der Waals surface area contributed by atoms with E-state index >= 15 is 0 Å². The second-order valence-corrected chi connectivity index (χ2v) is 7.29. The lowest BCUT2D eigenvalue weighted by atomic mass is 9.89. The zero-order valence-corrected chi connectivity index (χ0v) is 16.6. The largest absolute Gasteiger partial charge is 0.493 e. The van der Waals surface area contributed by atoms with E-state index in [1.165, 1.54) is 13.8 Å². The number of esters is 2. The van der Waals surface area contributed by atoms with Crippen LogP contribution in [-0.4, -0.2) is 17.5 Å². The lowest BCUT2D eigenvalue weighted by Gasteiger charge is -2.26. The van der Waals surface area contributed by atoms with Gasteiger partial charge in [-0.2, -0.15) is 0 Å². The van der Waals surface area contributed by atoms with Gasteiger partial charge in [-0.05, 0) is 63.6 Å². The summed E-state index contributed by atoms with van der Waals surface area (Å²) < 4.78 is 16.9. The van der Waals surface area contributed by atoms with E-state index in [9.17, 15) is 9.59 Å². The first kappa shape index (κ1) is 20.0. The van der Waals surface area contributed by atoms with Gasteiger partial charge < -0.3 is 14.2 Å². The van der Waals surface area contributed by atoms with Crippen LogP contribution in [0, 0.1) is 20.8 Å². The Morgan fingerprint density at radius 2 is 1.58 bits per heavy atom. The molecule has 2 rings (SSSR count). The van der Waals surface area contributed by atoms with E-state index in [1.807, 2.05) is 20.8 Å². The molecular weight excluding hydrogens is 332 g/mol. The second kappa shape index (κ2) is 7.52. The molecule has 1 aliphatic rings. The number of carbonyl (C=O) groups is 2. The molecule has 5 heteroatoms. The van der Waals surface area contributed by atoms with E-state index in [1.54, 1.807) is 0 Å². The maximum absolute atomic E-state index is 11.6. The van der Waals surface area contributed by atoms with Crippen LogP contribution in [0.3, 0.4) is 0 Å². The van der Waals surface area contributed by atoms with E-state index in [0.29, 0.717) is 17.9 Å². The van der Waals surface area contributed by atoms with Crippen LogP contribution < -0.4 is 9.47 Å². The molecule has 0 bridgehead atoms. The minimum atomic E-state index is -0.371. The summed E-state index contributed by atoms with van der Waals surface area (Å²) in [6.45, 7) is 14.4. The molecule has 1 aromatic rings. The standard InChI is InChI=1S/C21H28O5/c1-12-8-10-21(7,26-12)11-9-18-15(4)19(24-16(5)22)13(2)14(3)20(18)25-17(6)23/h1,8-11H2,2-7H3. The molecule has 1 heterocycles. The molecule has 1 saturated heterocycles. The third-order valence-corrected chi connectivity index (χ3v) is 5.03. The van der Waals surface area contributed by atoms with Crippen LogP contribution >= 0.6 is 0 Å². The van der Waals surface area contributed by atoms with Gasteiger partial charge in [-0.3, -0.25) is 9.59 Å². The van der Waals surface area contributed by atoms with Gasteiger partial charge in [0.2, 0.25) is 0 Å². The maximum atomic E-state index is 11.6. The van der Waals surface area contributed by atoms with E-state index in [4.69, 9.17) is 14.2 Å². The van der Waals surface area contributed by atoms with Crippen molar-refractivity contribution in [2.24, 2.45) is 0 Å². The van der Waals surface area contributed by atoms with Gasteiger partial charge in [-0.25, -0.2) is 0 Å². The zero-order chi connectivity index (χ0) is 19.6. The van der Waals surface area contributed by atoms with E-state index in [0.717, 1.165) is 47.3 Å². The molecule has 0 N–H and O–H groups in total. The summed E-state index contributed by atoms with van der Waals surface area (Å²) in [6.07, 6.45) is 3.17. The van der Waals surface area contributed by atoms with Gasteiger partial charge in [0.05, 0.1) is 5.76 Å². The van der Waals surface area contributed by atoms with Crippen molar-refractivity contribution < 1.29 is 23.8 Å². The number of hydrogen-bond donors (Lipinski definition) is 0. The van der Waals surface area contributed by atoms with Gasteiger partial charge in [-0.15, -0.1) is 0 Å². The Hall–Kier alpha value is -2.30. The fourth-order valence-corrected chi connectivity index (χ4v) is 3.46. The molecule has 0 aliphatic carbocycles. The fraction of sp³-hybridized carbons (Fsp3) is 0.524. The minimum Gasteiger partial charge on any atom is -0.493 e. The highest BCUT2D eigenvalue weighted by Crippen LogP contribution is 2.41. The van der Waals surface area contributed by atoms with Crippen LogP contribution in [0.2, 0.25) is 0 Å². The number of hydrogen-bond acceptors (Lipinski definition) is 5. The molecule has 1 aliphatic heterocycles. The topological polar surface area (TPSA) is 61.8 Å². The molecule has 142 valence electrons. The number of ether oxygens (including phenoxy) is 3. The summed E-state index contributed by atoms with van der Waals surface area (Å²) in [6, 6.07) is 0. The van der Waals surface area contributed by atoms with E-state index < -0.39 is 0 Å². The maximum Gasteiger partial charge on any atom is 0.308 e. The minimum absolute atomic E-state index is 0.280. The third kappa shape index (κ3) is 4.26. The molecule has 26 heavy (non-hydrogen) atoms. The highest BCUT2D eigenvalue weighted by molar-refractivity contribution is 5.74. The normalized spacial score (nSPS) is 19.2. The van der Waals surface area contributed by atoms with Crippen molar-refractivity contribution in [3.63, 3.8) is 0 Å². The first-order chi connectivity index (χ1) is 12.0. The van der Waals surface area contributed by atoms with Crippen molar-refractivity contribution in [2.75, 3.05) is 0 Å². The van der Waals surface area contributed by atoms with Gasteiger partial charge >= 0.3 is 11.9 Å². The van der Waals surface area contributed by atoms with Gasteiger partial charge in [-0.1, -0.05) is 6.58 Å². The Kier molecular flexibility index (Phi) is 5.79. The van der Waals surface area contributed by atoms with Crippen molar-refractivity contribution in [2.45, 2.75) is 72.8 Å². The summed E-state index contributed by atoms with van der Waals surface area (Å²) in [5, 5.41) is 0. The number of allylic oxidation sites excluding steroid dienone is 1. The van der Waals surface area contributed by atoms with Gasteiger partial charge in [0.25, 0.3) is 0 Å². The molecule has 0 amide bonds. The van der Waals surface area contributed by atoms with Crippen LogP contribution in [0.15, 0.2) is 12.3 Å². The molecule has 0 spiro atoms.